The van der Waals surface area contributed by atoms with Crippen LogP contribution in [-0.4, -0.2) is 5.91 Å². The van der Waals surface area contributed by atoms with Crippen LogP contribution in [0.2, 0.25) is 5.22 Å². The van der Waals surface area contributed by atoms with Crippen LogP contribution < -0.4 is 5.32 Å². The number of anilines is 1. The SMILES string of the molecule is Cc1cc(F)ccc1NC(=O)c1ccoc1Cl. The van der Waals surface area contributed by atoms with Crippen LogP contribution >= 0.6 is 11.6 Å². The topological polar surface area (TPSA) is 42.2 Å². The van der Waals surface area contributed by atoms with E-state index in [1.54, 1.807) is 6.92 Å². The normalized spacial score (nSPS) is 10.3. The Hall–Kier alpha value is -1.81. The van der Waals surface area contributed by atoms with Crippen LogP contribution in [0.1, 0.15) is 15.9 Å². The molecule has 2 rings (SSSR count). The van der Waals surface area contributed by atoms with Gasteiger partial charge >= 0.3 is 0 Å². The molecule has 0 fully saturated rings. The molecule has 5 heteroatoms. The van der Waals surface area contributed by atoms with Gasteiger partial charge in [0.25, 0.3) is 5.91 Å². The zero-order chi connectivity index (χ0) is 12.4. The van der Waals surface area contributed by atoms with Crippen molar-refractivity contribution in [1.29, 1.82) is 0 Å². The highest BCUT2D eigenvalue weighted by atomic mass is 35.5. The Morgan fingerprint density at radius 1 is 1.41 bits per heavy atom. The maximum absolute atomic E-state index is 12.9. The van der Waals surface area contributed by atoms with E-state index >= 15 is 0 Å². The summed E-state index contributed by atoms with van der Waals surface area (Å²) in [7, 11) is 0. The standard InChI is InChI=1S/C12H9ClFNO2/c1-7-6-8(14)2-3-10(7)15-12(16)9-4-5-17-11(9)13/h2-6H,1H3,(H,15,16). The smallest absolute Gasteiger partial charge is 0.260 e. The zero-order valence-corrected chi connectivity index (χ0v) is 9.72. The predicted octanol–water partition coefficient (Wildman–Crippen LogP) is 3.63. The Bertz CT molecular complexity index is 565. The molecule has 3 nitrogen and oxygen atoms in total. The first kappa shape index (κ1) is 11.7. The minimum Gasteiger partial charge on any atom is -0.452 e. The minimum atomic E-state index is -0.390. The molecule has 1 aromatic carbocycles. The molecular weight excluding hydrogens is 245 g/mol. The van der Waals surface area contributed by atoms with Crippen molar-refractivity contribution in [2.75, 3.05) is 5.32 Å². The zero-order valence-electron chi connectivity index (χ0n) is 8.96. The van der Waals surface area contributed by atoms with Crippen LogP contribution in [0.5, 0.6) is 0 Å². The van der Waals surface area contributed by atoms with Crippen molar-refractivity contribution in [3.05, 3.63) is 52.7 Å². The van der Waals surface area contributed by atoms with Crippen LogP contribution in [-0.2, 0) is 0 Å². The van der Waals surface area contributed by atoms with E-state index in [-0.39, 0.29) is 16.6 Å². The summed E-state index contributed by atoms with van der Waals surface area (Å²) in [5, 5.41) is 2.66. The third kappa shape index (κ3) is 2.47. The Morgan fingerprint density at radius 3 is 2.76 bits per heavy atom. The molecule has 0 atom stereocenters. The van der Waals surface area contributed by atoms with Crippen molar-refractivity contribution >= 4 is 23.2 Å². The van der Waals surface area contributed by atoms with E-state index in [4.69, 9.17) is 16.0 Å². The Kier molecular flexibility index (Phi) is 3.15. The number of rotatable bonds is 2. The number of nitrogens with one attached hydrogen (secondary N) is 1. The highest BCUT2D eigenvalue weighted by Crippen LogP contribution is 2.20. The summed E-state index contributed by atoms with van der Waals surface area (Å²) < 4.78 is 17.7. The van der Waals surface area contributed by atoms with Gasteiger partial charge in [0.05, 0.1) is 11.8 Å². The largest absolute Gasteiger partial charge is 0.452 e. The lowest BCUT2D eigenvalue weighted by molar-refractivity contribution is 0.102. The Labute approximate surface area is 102 Å². The van der Waals surface area contributed by atoms with Crippen molar-refractivity contribution in [2.24, 2.45) is 0 Å². The molecule has 1 amide bonds. The molecule has 2 aromatic rings. The molecule has 88 valence electrons. The molecule has 0 saturated heterocycles. The van der Waals surface area contributed by atoms with Gasteiger partial charge in [-0.3, -0.25) is 4.79 Å². The number of hydrogen-bond donors (Lipinski definition) is 1. The van der Waals surface area contributed by atoms with E-state index in [1.165, 1.54) is 30.5 Å². The predicted molar refractivity (Wildman–Crippen MR) is 62.8 cm³/mol. The van der Waals surface area contributed by atoms with Crippen molar-refractivity contribution in [3.8, 4) is 0 Å². The first-order chi connectivity index (χ1) is 8.08. The van der Waals surface area contributed by atoms with Gasteiger partial charge in [-0.1, -0.05) is 0 Å². The van der Waals surface area contributed by atoms with Gasteiger partial charge in [0.2, 0.25) is 5.22 Å². The molecule has 1 N–H and O–H groups in total. The molecule has 1 heterocycles. The van der Waals surface area contributed by atoms with Crippen LogP contribution in [0.15, 0.2) is 34.9 Å². The molecule has 17 heavy (non-hydrogen) atoms. The lowest BCUT2D eigenvalue weighted by Gasteiger charge is -2.07. The summed E-state index contributed by atoms with van der Waals surface area (Å²) in [5.41, 5.74) is 1.42. The molecule has 0 bridgehead atoms. The molecule has 0 saturated carbocycles. The number of carbonyl (C=O) groups excluding carboxylic acids is 1. The molecule has 0 unspecified atom stereocenters. The monoisotopic (exact) mass is 253 g/mol. The molecule has 0 aliphatic rings. The summed E-state index contributed by atoms with van der Waals surface area (Å²) in [6, 6.07) is 5.58. The second-order valence-electron chi connectivity index (χ2n) is 3.52. The van der Waals surface area contributed by atoms with Gasteiger partial charge in [0, 0.05) is 5.69 Å². The fourth-order valence-corrected chi connectivity index (χ4v) is 1.61. The van der Waals surface area contributed by atoms with Gasteiger partial charge in [-0.15, -0.1) is 0 Å². The molecule has 0 aliphatic carbocycles. The molecular formula is C12H9ClFNO2. The van der Waals surface area contributed by atoms with E-state index < -0.39 is 5.91 Å². The van der Waals surface area contributed by atoms with E-state index in [0.717, 1.165) is 0 Å². The van der Waals surface area contributed by atoms with E-state index in [1.807, 2.05) is 0 Å². The summed E-state index contributed by atoms with van der Waals surface area (Å²) in [5.74, 6) is -0.736. The van der Waals surface area contributed by atoms with Gasteiger partial charge in [0.15, 0.2) is 0 Å². The van der Waals surface area contributed by atoms with Crippen LogP contribution in [0.3, 0.4) is 0 Å². The van der Waals surface area contributed by atoms with Crippen LogP contribution in [0.25, 0.3) is 0 Å². The third-order valence-electron chi connectivity index (χ3n) is 2.30. The molecule has 0 radical (unpaired) electrons. The number of hydrogen-bond acceptors (Lipinski definition) is 2. The molecule has 0 aliphatic heterocycles. The molecule has 0 spiro atoms. The fourth-order valence-electron chi connectivity index (χ4n) is 1.41. The number of halogens is 2. The summed E-state index contributed by atoms with van der Waals surface area (Å²) in [6.07, 6.45) is 1.33. The first-order valence-electron chi connectivity index (χ1n) is 4.88. The van der Waals surface area contributed by atoms with Crippen molar-refractivity contribution in [2.45, 2.75) is 6.92 Å². The van der Waals surface area contributed by atoms with Gasteiger partial charge in [0.1, 0.15) is 5.82 Å². The summed E-state index contributed by atoms with van der Waals surface area (Å²) in [6.45, 7) is 1.70. The van der Waals surface area contributed by atoms with Crippen LogP contribution in [0.4, 0.5) is 10.1 Å². The van der Waals surface area contributed by atoms with Gasteiger partial charge in [-0.2, -0.15) is 0 Å². The maximum Gasteiger partial charge on any atom is 0.260 e. The lowest BCUT2D eigenvalue weighted by atomic mass is 10.2. The number of carbonyl (C=O) groups is 1. The van der Waals surface area contributed by atoms with Crippen LogP contribution in [0, 0.1) is 12.7 Å². The average molecular weight is 254 g/mol. The lowest BCUT2D eigenvalue weighted by Crippen LogP contribution is -2.12. The van der Waals surface area contributed by atoms with E-state index in [9.17, 15) is 9.18 Å². The highest BCUT2D eigenvalue weighted by molar-refractivity contribution is 6.32. The number of benzene rings is 1. The van der Waals surface area contributed by atoms with E-state index in [2.05, 4.69) is 5.32 Å². The number of furan rings is 1. The van der Waals surface area contributed by atoms with Crippen molar-refractivity contribution in [3.63, 3.8) is 0 Å². The number of amides is 1. The highest BCUT2D eigenvalue weighted by Gasteiger charge is 2.13. The average Bonchev–Trinajstić information content (AvgIpc) is 2.68. The number of aryl methyl sites for hydroxylation is 1. The van der Waals surface area contributed by atoms with Gasteiger partial charge in [-0.05, 0) is 48.4 Å². The van der Waals surface area contributed by atoms with Gasteiger partial charge in [-0.25, -0.2) is 4.39 Å². The van der Waals surface area contributed by atoms with Crippen molar-refractivity contribution < 1.29 is 13.6 Å². The van der Waals surface area contributed by atoms with Gasteiger partial charge < -0.3 is 9.73 Å². The second kappa shape index (κ2) is 4.59. The Morgan fingerprint density at radius 2 is 2.18 bits per heavy atom. The first-order valence-corrected chi connectivity index (χ1v) is 5.26. The second-order valence-corrected chi connectivity index (χ2v) is 3.86. The van der Waals surface area contributed by atoms with E-state index in [0.29, 0.717) is 11.3 Å². The minimum absolute atomic E-state index is 0.0299. The quantitative estimate of drug-likeness (QED) is 0.888. The summed E-state index contributed by atoms with van der Waals surface area (Å²) >= 11 is 5.68. The fraction of sp³-hybridized carbons (Fsp3) is 0.0833. The third-order valence-corrected chi connectivity index (χ3v) is 2.59. The maximum atomic E-state index is 12.9. The summed E-state index contributed by atoms with van der Waals surface area (Å²) in [4.78, 5) is 11.8. The molecule has 1 aromatic heterocycles. The Balaban J connectivity index is 2.22. The van der Waals surface area contributed by atoms with Crippen molar-refractivity contribution in [1.82, 2.24) is 0 Å².